The molecule has 27 heavy (non-hydrogen) atoms. The lowest BCUT2D eigenvalue weighted by Crippen LogP contribution is -2.47. The fourth-order valence-electron chi connectivity index (χ4n) is 3.25. The molecular weight excluding hydrogens is 385 g/mol. The quantitative estimate of drug-likeness (QED) is 0.668. The second-order valence-corrected chi connectivity index (χ2v) is 7.35. The molecular formula is C18H19Cl2N7. The summed E-state index contributed by atoms with van der Waals surface area (Å²) in [6.07, 6.45) is 5.15. The van der Waals surface area contributed by atoms with Crippen LogP contribution in [-0.4, -0.2) is 50.9 Å². The summed E-state index contributed by atoms with van der Waals surface area (Å²) in [7, 11) is 0. The minimum atomic E-state index is 0.540. The van der Waals surface area contributed by atoms with Crippen molar-refractivity contribution in [2.75, 3.05) is 36.0 Å². The molecule has 9 heteroatoms. The van der Waals surface area contributed by atoms with Gasteiger partial charge < -0.3 is 9.80 Å². The van der Waals surface area contributed by atoms with Crippen LogP contribution in [0.15, 0.2) is 30.7 Å². The fraction of sp³-hybridized carbons (Fsp3) is 0.333. The predicted octanol–water partition coefficient (Wildman–Crippen LogP) is 3.31. The smallest absolute Gasteiger partial charge is 0.174 e. The van der Waals surface area contributed by atoms with Crippen LogP contribution in [0.4, 0.5) is 11.6 Å². The van der Waals surface area contributed by atoms with Crippen molar-refractivity contribution in [2.45, 2.75) is 13.8 Å². The van der Waals surface area contributed by atoms with Crippen LogP contribution in [-0.2, 0) is 0 Å². The first-order valence-electron chi connectivity index (χ1n) is 8.68. The van der Waals surface area contributed by atoms with Gasteiger partial charge in [0, 0.05) is 38.1 Å². The summed E-state index contributed by atoms with van der Waals surface area (Å²) in [6, 6.07) is 3.75. The van der Waals surface area contributed by atoms with E-state index < -0.39 is 0 Å². The predicted molar refractivity (Wildman–Crippen MR) is 107 cm³/mol. The molecule has 4 rings (SSSR count). The third-order valence-corrected chi connectivity index (χ3v) is 5.01. The second-order valence-electron chi connectivity index (χ2n) is 6.51. The van der Waals surface area contributed by atoms with Crippen molar-refractivity contribution in [1.82, 2.24) is 24.7 Å². The van der Waals surface area contributed by atoms with Crippen LogP contribution in [0.5, 0.6) is 0 Å². The van der Waals surface area contributed by atoms with E-state index in [4.69, 9.17) is 28.2 Å². The van der Waals surface area contributed by atoms with E-state index in [1.807, 2.05) is 24.6 Å². The fourth-order valence-corrected chi connectivity index (χ4v) is 3.75. The molecule has 0 unspecified atom stereocenters. The summed E-state index contributed by atoms with van der Waals surface area (Å²) in [5.74, 6) is 2.33. The van der Waals surface area contributed by atoms with Gasteiger partial charge in [0.25, 0.3) is 0 Å². The normalized spacial score (nSPS) is 14.7. The standard InChI is InChI=1S/C18H19Cl2N7/c1-12-7-13(2)27(24-12)17-11-21-10-16(23-17)25-3-5-26(6-4-25)18-15(20)8-14(19)9-22-18/h7-11H,3-6H2,1-2H3. The van der Waals surface area contributed by atoms with Gasteiger partial charge in [0.1, 0.15) is 11.6 Å². The van der Waals surface area contributed by atoms with Gasteiger partial charge in [0.05, 0.1) is 28.1 Å². The van der Waals surface area contributed by atoms with Crippen LogP contribution in [0, 0.1) is 13.8 Å². The van der Waals surface area contributed by atoms with Crippen molar-refractivity contribution in [3.05, 3.63) is 52.2 Å². The van der Waals surface area contributed by atoms with Crippen molar-refractivity contribution in [3.63, 3.8) is 0 Å². The van der Waals surface area contributed by atoms with E-state index in [-0.39, 0.29) is 0 Å². The Morgan fingerprint density at radius 3 is 2.26 bits per heavy atom. The van der Waals surface area contributed by atoms with Crippen molar-refractivity contribution in [3.8, 4) is 5.82 Å². The first-order valence-corrected chi connectivity index (χ1v) is 9.43. The maximum atomic E-state index is 6.29. The minimum absolute atomic E-state index is 0.540. The van der Waals surface area contributed by atoms with E-state index in [0.29, 0.717) is 10.0 Å². The Kier molecular flexibility index (Phi) is 4.88. The third kappa shape index (κ3) is 3.70. The molecule has 1 aliphatic rings. The van der Waals surface area contributed by atoms with Crippen LogP contribution in [0.1, 0.15) is 11.4 Å². The zero-order chi connectivity index (χ0) is 19.0. The Bertz CT molecular complexity index is 964. The van der Waals surface area contributed by atoms with Gasteiger partial charge in [-0.1, -0.05) is 23.2 Å². The molecule has 0 spiro atoms. The summed E-state index contributed by atoms with van der Waals surface area (Å²) < 4.78 is 1.82. The number of rotatable bonds is 3. The second kappa shape index (κ2) is 7.32. The SMILES string of the molecule is Cc1cc(C)n(-c2cncc(N3CCN(c4ncc(Cl)cc4Cl)CC3)n2)n1. The first kappa shape index (κ1) is 18.0. The maximum absolute atomic E-state index is 6.29. The van der Waals surface area contributed by atoms with Gasteiger partial charge in [-0.3, -0.25) is 4.98 Å². The summed E-state index contributed by atoms with van der Waals surface area (Å²) in [5.41, 5.74) is 1.99. The van der Waals surface area contributed by atoms with Gasteiger partial charge in [-0.05, 0) is 26.0 Å². The number of piperazine rings is 1. The average molecular weight is 404 g/mol. The molecule has 0 N–H and O–H groups in total. The van der Waals surface area contributed by atoms with E-state index in [0.717, 1.165) is 55.0 Å². The van der Waals surface area contributed by atoms with Gasteiger partial charge in [-0.2, -0.15) is 5.10 Å². The zero-order valence-electron chi connectivity index (χ0n) is 15.1. The van der Waals surface area contributed by atoms with E-state index in [1.165, 1.54) is 0 Å². The first-order chi connectivity index (χ1) is 13.0. The van der Waals surface area contributed by atoms with Crippen LogP contribution >= 0.6 is 23.2 Å². The third-order valence-electron chi connectivity index (χ3n) is 4.53. The Morgan fingerprint density at radius 2 is 1.59 bits per heavy atom. The highest BCUT2D eigenvalue weighted by molar-refractivity contribution is 6.36. The topological polar surface area (TPSA) is 63.0 Å². The van der Waals surface area contributed by atoms with E-state index >= 15 is 0 Å². The summed E-state index contributed by atoms with van der Waals surface area (Å²) in [4.78, 5) is 17.9. The molecule has 0 aliphatic carbocycles. The Hall–Kier alpha value is -2.38. The molecule has 140 valence electrons. The molecule has 1 saturated heterocycles. The van der Waals surface area contributed by atoms with Gasteiger partial charge in [-0.15, -0.1) is 0 Å². The van der Waals surface area contributed by atoms with Crippen LogP contribution in [0.3, 0.4) is 0 Å². The molecule has 1 aliphatic heterocycles. The molecule has 0 saturated carbocycles. The van der Waals surface area contributed by atoms with Crippen molar-refractivity contribution in [1.29, 1.82) is 0 Å². The number of pyridine rings is 1. The lowest BCUT2D eigenvalue weighted by atomic mass is 10.3. The van der Waals surface area contributed by atoms with Gasteiger partial charge >= 0.3 is 0 Å². The molecule has 3 aromatic heterocycles. The van der Waals surface area contributed by atoms with Crippen molar-refractivity contribution < 1.29 is 0 Å². The number of nitrogens with zero attached hydrogens (tertiary/aromatic N) is 7. The maximum Gasteiger partial charge on any atom is 0.174 e. The number of aryl methyl sites for hydroxylation is 2. The summed E-state index contributed by atoms with van der Waals surface area (Å²) in [6.45, 7) is 7.16. The van der Waals surface area contributed by atoms with Gasteiger partial charge in [0.2, 0.25) is 0 Å². The number of hydrogen-bond donors (Lipinski definition) is 0. The monoisotopic (exact) mass is 403 g/mol. The molecule has 0 bridgehead atoms. The molecule has 3 aromatic rings. The largest absolute Gasteiger partial charge is 0.352 e. The number of halogens is 2. The lowest BCUT2D eigenvalue weighted by molar-refractivity contribution is 0.638. The van der Waals surface area contributed by atoms with Crippen LogP contribution in [0.25, 0.3) is 5.82 Å². The Labute approximate surface area is 167 Å². The zero-order valence-corrected chi connectivity index (χ0v) is 16.6. The van der Waals surface area contributed by atoms with Gasteiger partial charge in [0.15, 0.2) is 5.82 Å². The number of hydrogen-bond acceptors (Lipinski definition) is 6. The molecule has 1 fully saturated rings. The van der Waals surface area contributed by atoms with Crippen molar-refractivity contribution >= 4 is 34.8 Å². The van der Waals surface area contributed by atoms with E-state index in [2.05, 4.69) is 24.9 Å². The van der Waals surface area contributed by atoms with E-state index in [1.54, 1.807) is 24.7 Å². The van der Waals surface area contributed by atoms with Gasteiger partial charge in [-0.25, -0.2) is 14.6 Å². The van der Waals surface area contributed by atoms with E-state index in [9.17, 15) is 0 Å². The highest BCUT2D eigenvalue weighted by Gasteiger charge is 2.21. The Morgan fingerprint density at radius 1 is 0.889 bits per heavy atom. The summed E-state index contributed by atoms with van der Waals surface area (Å²) in [5, 5.41) is 5.60. The molecule has 0 atom stereocenters. The number of aromatic nitrogens is 5. The van der Waals surface area contributed by atoms with Crippen molar-refractivity contribution in [2.24, 2.45) is 0 Å². The minimum Gasteiger partial charge on any atom is -0.352 e. The lowest BCUT2D eigenvalue weighted by Gasteiger charge is -2.36. The molecule has 0 radical (unpaired) electrons. The molecule has 0 aromatic carbocycles. The number of anilines is 2. The highest BCUT2D eigenvalue weighted by Crippen LogP contribution is 2.27. The average Bonchev–Trinajstić information content (AvgIpc) is 3.00. The molecule has 7 nitrogen and oxygen atoms in total. The Balaban J connectivity index is 1.50. The molecule has 4 heterocycles. The van der Waals surface area contributed by atoms with Crippen LogP contribution in [0.2, 0.25) is 10.0 Å². The highest BCUT2D eigenvalue weighted by atomic mass is 35.5. The molecule has 0 amide bonds. The summed E-state index contributed by atoms with van der Waals surface area (Å²) >= 11 is 12.2. The van der Waals surface area contributed by atoms with Crippen LogP contribution < -0.4 is 9.80 Å².